The number of hydrogen-bond acceptors (Lipinski definition) is 6. The average molecular weight is 328 g/mol. The summed E-state index contributed by atoms with van der Waals surface area (Å²) in [5, 5.41) is 0. The van der Waals surface area contributed by atoms with Crippen molar-refractivity contribution in [3.05, 3.63) is 0 Å². The van der Waals surface area contributed by atoms with Gasteiger partial charge in [0.15, 0.2) is 0 Å². The van der Waals surface area contributed by atoms with Crippen molar-refractivity contribution >= 4 is 11.9 Å². The predicted octanol–water partition coefficient (Wildman–Crippen LogP) is 2.03. The molecule has 1 aliphatic rings. The van der Waals surface area contributed by atoms with Gasteiger partial charge in [0.1, 0.15) is 0 Å². The Morgan fingerprint density at radius 2 is 1.26 bits per heavy atom. The highest BCUT2D eigenvalue weighted by Crippen LogP contribution is 2.07. The minimum Gasteiger partial charge on any atom is -0.466 e. The van der Waals surface area contributed by atoms with Gasteiger partial charge in [-0.25, -0.2) is 0 Å². The van der Waals surface area contributed by atoms with Crippen LogP contribution < -0.4 is 0 Å². The van der Waals surface area contributed by atoms with Crippen molar-refractivity contribution < 1.29 is 19.1 Å². The molecule has 0 aromatic heterocycles. The number of hydrogen-bond donors (Lipinski definition) is 0. The van der Waals surface area contributed by atoms with Crippen LogP contribution in [0.25, 0.3) is 0 Å². The van der Waals surface area contributed by atoms with Gasteiger partial charge in [-0.2, -0.15) is 0 Å². The van der Waals surface area contributed by atoms with Gasteiger partial charge in [-0.15, -0.1) is 0 Å². The van der Waals surface area contributed by atoms with Crippen LogP contribution in [0.4, 0.5) is 0 Å². The zero-order chi connectivity index (χ0) is 16.9. The second-order valence-corrected chi connectivity index (χ2v) is 6.03. The molecule has 0 atom stereocenters. The number of esters is 2. The molecule has 6 heteroatoms. The molecular formula is C17H32N2O4. The number of carbonyl (C=O) groups excluding carboxylic acids is 2. The Kier molecular flexibility index (Phi) is 10.6. The van der Waals surface area contributed by atoms with Crippen LogP contribution in [-0.2, 0) is 19.1 Å². The molecule has 0 amide bonds. The number of rotatable bonds is 12. The molecule has 0 aliphatic carbocycles. The summed E-state index contributed by atoms with van der Waals surface area (Å²) in [5.74, 6) is -0.229. The Labute approximate surface area is 140 Å². The normalized spacial score (nSPS) is 15.7. The van der Waals surface area contributed by atoms with E-state index in [9.17, 15) is 9.59 Å². The Hall–Kier alpha value is -1.14. The summed E-state index contributed by atoms with van der Waals surface area (Å²) in [6, 6.07) is 0. The van der Waals surface area contributed by atoms with E-state index >= 15 is 0 Å². The lowest BCUT2D eigenvalue weighted by atomic mass is 10.3. The van der Waals surface area contributed by atoms with Gasteiger partial charge in [0, 0.05) is 26.2 Å². The zero-order valence-corrected chi connectivity index (χ0v) is 14.7. The quantitative estimate of drug-likeness (QED) is 0.403. The molecule has 0 bridgehead atoms. The molecule has 1 saturated heterocycles. The lowest BCUT2D eigenvalue weighted by Crippen LogP contribution is -2.29. The van der Waals surface area contributed by atoms with Crippen molar-refractivity contribution in [1.29, 1.82) is 0 Å². The second-order valence-electron chi connectivity index (χ2n) is 6.03. The fourth-order valence-corrected chi connectivity index (χ4v) is 2.38. The van der Waals surface area contributed by atoms with E-state index in [1.165, 1.54) is 0 Å². The molecule has 134 valence electrons. The predicted molar refractivity (Wildman–Crippen MR) is 89.0 cm³/mol. The minimum atomic E-state index is -0.114. The first-order chi connectivity index (χ1) is 11.2. The van der Waals surface area contributed by atoms with E-state index in [1.54, 1.807) is 0 Å². The summed E-state index contributed by atoms with van der Waals surface area (Å²) in [4.78, 5) is 27.6. The van der Waals surface area contributed by atoms with Crippen molar-refractivity contribution in [3.63, 3.8) is 0 Å². The van der Waals surface area contributed by atoms with Crippen molar-refractivity contribution in [3.8, 4) is 0 Å². The highest BCUT2D eigenvalue weighted by atomic mass is 16.5. The van der Waals surface area contributed by atoms with Gasteiger partial charge >= 0.3 is 11.9 Å². The van der Waals surface area contributed by atoms with E-state index in [2.05, 4.69) is 23.6 Å². The third kappa shape index (κ3) is 9.56. The Bertz CT molecular complexity index is 317. The first-order valence-corrected chi connectivity index (χ1v) is 8.91. The largest absolute Gasteiger partial charge is 0.466 e. The lowest BCUT2D eigenvalue weighted by molar-refractivity contribution is -0.144. The molecule has 1 heterocycles. The maximum atomic E-state index is 11.6. The van der Waals surface area contributed by atoms with Crippen molar-refractivity contribution in [2.45, 2.75) is 52.4 Å². The average Bonchev–Trinajstić information content (AvgIpc) is 2.99. The van der Waals surface area contributed by atoms with Gasteiger partial charge in [-0.05, 0) is 12.8 Å². The maximum absolute atomic E-state index is 11.6. The summed E-state index contributed by atoms with van der Waals surface area (Å²) in [6.45, 7) is 9.34. The molecule has 6 nitrogen and oxygen atoms in total. The zero-order valence-electron chi connectivity index (χ0n) is 14.7. The topological polar surface area (TPSA) is 59.1 Å². The molecule has 0 spiro atoms. The van der Waals surface area contributed by atoms with Gasteiger partial charge in [-0.1, -0.05) is 26.7 Å². The third-order valence-corrected chi connectivity index (χ3v) is 3.92. The third-order valence-electron chi connectivity index (χ3n) is 3.92. The van der Waals surface area contributed by atoms with Gasteiger partial charge in [0.25, 0.3) is 0 Å². The minimum absolute atomic E-state index is 0.114. The Morgan fingerprint density at radius 3 is 1.65 bits per heavy atom. The van der Waals surface area contributed by atoms with Crippen LogP contribution in [-0.4, -0.2) is 67.8 Å². The summed E-state index contributed by atoms with van der Waals surface area (Å²) >= 11 is 0. The van der Waals surface area contributed by atoms with Crippen LogP contribution in [0.2, 0.25) is 0 Å². The molecule has 0 radical (unpaired) electrons. The molecule has 0 unspecified atom stereocenters. The molecular weight excluding hydrogens is 296 g/mol. The van der Waals surface area contributed by atoms with Crippen LogP contribution in [0, 0.1) is 0 Å². The number of nitrogens with zero attached hydrogens (tertiary/aromatic N) is 2. The van der Waals surface area contributed by atoms with E-state index in [0.717, 1.165) is 58.5 Å². The first-order valence-electron chi connectivity index (χ1n) is 8.91. The van der Waals surface area contributed by atoms with Crippen LogP contribution >= 0.6 is 0 Å². The van der Waals surface area contributed by atoms with E-state index < -0.39 is 0 Å². The van der Waals surface area contributed by atoms with Gasteiger partial charge < -0.3 is 9.47 Å². The van der Waals surface area contributed by atoms with E-state index in [0.29, 0.717) is 26.1 Å². The highest BCUT2D eigenvalue weighted by Gasteiger charge is 2.21. The first kappa shape index (κ1) is 19.9. The van der Waals surface area contributed by atoms with Crippen LogP contribution in [0.15, 0.2) is 0 Å². The highest BCUT2D eigenvalue weighted by molar-refractivity contribution is 5.69. The van der Waals surface area contributed by atoms with Crippen LogP contribution in [0.3, 0.4) is 0 Å². The molecule has 0 N–H and O–H groups in total. The SMILES string of the molecule is CCCCOC(=O)CCN1CCN(CCC(=O)OCCCC)C1. The smallest absolute Gasteiger partial charge is 0.307 e. The Morgan fingerprint density at radius 1 is 0.826 bits per heavy atom. The number of ether oxygens (including phenoxy) is 2. The van der Waals surface area contributed by atoms with Crippen molar-refractivity contribution in [2.75, 3.05) is 46.1 Å². The standard InChI is InChI=1S/C17H32N2O4/c1-3-5-13-22-16(20)7-9-18-11-12-19(15-18)10-8-17(21)23-14-6-4-2/h3-15H2,1-2H3. The Balaban J connectivity index is 2.06. The van der Waals surface area contributed by atoms with E-state index in [1.807, 2.05) is 0 Å². The fraction of sp³-hybridized carbons (Fsp3) is 0.882. The summed E-state index contributed by atoms with van der Waals surface area (Å²) in [6.07, 6.45) is 4.81. The molecule has 0 aromatic rings. The summed E-state index contributed by atoms with van der Waals surface area (Å²) in [7, 11) is 0. The summed E-state index contributed by atoms with van der Waals surface area (Å²) < 4.78 is 10.3. The molecule has 1 rings (SSSR count). The monoisotopic (exact) mass is 328 g/mol. The van der Waals surface area contributed by atoms with E-state index in [4.69, 9.17) is 9.47 Å². The molecule has 0 saturated carbocycles. The lowest BCUT2D eigenvalue weighted by Gasteiger charge is -2.17. The molecule has 0 aromatic carbocycles. The van der Waals surface area contributed by atoms with Crippen LogP contribution in [0.1, 0.15) is 52.4 Å². The molecule has 1 aliphatic heterocycles. The van der Waals surface area contributed by atoms with E-state index in [-0.39, 0.29) is 11.9 Å². The molecule has 23 heavy (non-hydrogen) atoms. The fourth-order valence-electron chi connectivity index (χ4n) is 2.38. The number of unbranched alkanes of at least 4 members (excludes halogenated alkanes) is 2. The van der Waals surface area contributed by atoms with Gasteiger partial charge in [0.05, 0.1) is 32.7 Å². The summed E-state index contributed by atoms with van der Waals surface area (Å²) in [5.41, 5.74) is 0. The number of carbonyl (C=O) groups is 2. The van der Waals surface area contributed by atoms with Crippen molar-refractivity contribution in [2.24, 2.45) is 0 Å². The van der Waals surface area contributed by atoms with Gasteiger partial charge in [0.2, 0.25) is 0 Å². The van der Waals surface area contributed by atoms with Gasteiger partial charge in [-0.3, -0.25) is 19.4 Å². The second kappa shape index (κ2) is 12.3. The van der Waals surface area contributed by atoms with Crippen molar-refractivity contribution in [1.82, 2.24) is 9.80 Å². The van der Waals surface area contributed by atoms with Crippen LogP contribution in [0.5, 0.6) is 0 Å². The maximum Gasteiger partial charge on any atom is 0.307 e. The molecule has 1 fully saturated rings.